The first-order valence-electron chi connectivity index (χ1n) is 6.98. The number of hydrogen-bond donors (Lipinski definition) is 2. The summed E-state index contributed by atoms with van der Waals surface area (Å²) in [7, 11) is 2.01. The minimum absolute atomic E-state index is 0. The highest BCUT2D eigenvalue weighted by Crippen LogP contribution is 2.11. The number of aryl methyl sites for hydroxylation is 1. The molecule has 20 heavy (non-hydrogen) atoms. The van der Waals surface area contributed by atoms with Crippen LogP contribution >= 0.6 is 12.4 Å². The molecular formula is C15H24ClN3O. The smallest absolute Gasteiger partial charge is 0.238 e. The van der Waals surface area contributed by atoms with Gasteiger partial charge >= 0.3 is 0 Å². The molecule has 0 radical (unpaired) electrons. The lowest BCUT2D eigenvalue weighted by atomic mass is 10.1. The molecule has 0 aromatic heterocycles. The predicted molar refractivity (Wildman–Crippen MR) is 85.6 cm³/mol. The number of benzene rings is 1. The maximum absolute atomic E-state index is 12.0. The Morgan fingerprint density at radius 3 is 2.95 bits per heavy atom. The summed E-state index contributed by atoms with van der Waals surface area (Å²) in [5.74, 6) is 0.0580. The van der Waals surface area contributed by atoms with Crippen LogP contribution < -0.4 is 10.6 Å². The Labute approximate surface area is 127 Å². The van der Waals surface area contributed by atoms with Crippen molar-refractivity contribution < 1.29 is 4.79 Å². The monoisotopic (exact) mass is 297 g/mol. The van der Waals surface area contributed by atoms with Gasteiger partial charge in [0.15, 0.2) is 0 Å². The second-order valence-electron chi connectivity index (χ2n) is 5.16. The van der Waals surface area contributed by atoms with Crippen molar-refractivity contribution in [3.63, 3.8) is 0 Å². The second-order valence-corrected chi connectivity index (χ2v) is 5.16. The number of carbonyl (C=O) groups is 1. The predicted octanol–water partition coefficient (Wildman–Crippen LogP) is 1.90. The Morgan fingerprint density at radius 1 is 1.50 bits per heavy atom. The van der Waals surface area contributed by atoms with E-state index in [4.69, 9.17) is 0 Å². The molecule has 1 unspecified atom stereocenters. The lowest BCUT2D eigenvalue weighted by molar-refractivity contribution is -0.117. The summed E-state index contributed by atoms with van der Waals surface area (Å²) in [5, 5.41) is 6.29. The summed E-state index contributed by atoms with van der Waals surface area (Å²) < 4.78 is 0. The first kappa shape index (κ1) is 17.0. The van der Waals surface area contributed by atoms with Crippen molar-refractivity contribution in [1.82, 2.24) is 10.2 Å². The van der Waals surface area contributed by atoms with Gasteiger partial charge in [0, 0.05) is 18.3 Å². The van der Waals surface area contributed by atoms with E-state index in [0.29, 0.717) is 12.6 Å². The van der Waals surface area contributed by atoms with Crippen LogP contribution in [0.4, 0.5) is 5.69 Å². The van der Waals surface area contributed by atoms with Crippen molar-refractivity contribution >= 4 is 24.0 Å². The molecule has 0 saturated carbocycles. The number of hydrogen-bond acceptors (Lipinski definition) is 3. The van der Waals surface area contributed by atoms with Gasteiger partial charge in [-0.05, 0) is 44.1 Å². The Morgan fingerprint density at radius 2 is 2.30 bits per heavy atom. The van der Waals surface area contributed by atoms with E-state index in [9.17, 15) is 4.79 Å². The molecule has 1 aromatic carbocycles. The van der Waals surface area contributed by atoms with Gasteiger partial charge in [-0.3, -0.25) is 9.69 Å². The Hall–Kier alpha value is -1.10. The van der Waals surface area contributed by atoms with Crippen molar-refractivity contribution in [2.75, 3.05) is 32.0 Å². The summed E-state index contributed by atoms with van der Waals surface area (Å²) in [6, 6.07) is 8.52. The van der Waals surface area contributed by atoms with Gasteiger partial charge in [-0.25, -0.2) is 0 Å². The fraction of sp³-hybridized carbons (Fsp3) is 0.533. The van der Waals surface area contributed by atoms with Crippen LogP contribution in [0, 0.1) is 0 Å². The number of nitrogens with zero attached hydrogens (tertiary/aromatic N) is 1. The number of nitrogens with one attached hydrogen (secondary N) is 2. The molecule has 1 aliphatic heterocycles. The van der Waals surface area contributed by atoms with Gasteiger partial charge < -0.3 is 10.6 Å². The van der Waals surface area contributed by atoms with E-state index in [2.05, 4.69) is 28.5 Å². The summed E-state index contributed by atoms with van der Waals surface area (Å²) in [6.45, 7) is 4.59. The molecule has 2 rings (SSSR count). The van der Waals surface area contributed by atoms with Crippen LogP contribution in [-0.2, 0) is 11.2 Å². The fourth-order valence-electron chi connectivity index (χ4n) is 2.44. The number of halogens is 1. The zero-order valence-corrected chi connectivity index (χ0v) is 13.0. The highest BCUT2D eigenvalue weighted by atomic mass is 35.5. The van der Waals surface area contributed by atoms with Crippen molar-refractivity contribution in [2.45, 2.75) is 25.8 Å². The van der Waals surface area contributed by atoms with Crippen molar-refractivity contribution in [1.29, 1.82) is 0 Å². The maximum Gasteiger partial charge on any atom is 0.238 e. The SMILES string of the molecule is CCc1cccc(NC(=O)CN(C)C2CCNC2)c1.Cl. The number of amides is 1. The number of carbonyl (C=O) groups excluding carboxylic acids is 1. The first-order valence-corrected chi connectivity index (χ1v) is 6.98. The highest BCUT2D eigenvalue weighted by molar-refractivity contribution is 5.92. The summed E-state index contributed by atoms with van der Waals surface area (Å²) >= 11 is 0. The van der Waals surface area contributed by atoms with Gasteiger partial charge in [0.25, 0.3) is 0 Å². The average molecular weight is 298 g/mol. The fourth-order valence-corrected chi connectivity index (χ4v) is 2.44. The first-order chi connectivity index (χ1) is 9.19. The van der Waals surface area contributed by atoms with Gasteiger partial charge in [-0.15, -0.1) is 12.4 Å². The van der Waals surface area contributed by atoms with Gasteiger partial charge in [-0.1, -0.05) is 19.1 Å². The Balaban J connectivity index is 0.00000200. The zero-order chi connectivity index (χ0) is 13.7. The molecule has 1 heterocycles. The van der Waals surface area contributed by atoms with Gasteiger partial charge in [0.2, 0.25) is 5.91 Å². The topological polar surface area (TPSA) is 44.4 Å². The molecule has 5 heteroatoms. The molecule has 0 aliphatic carbocycles. The molecule has 1 fully saturated rings. The van der Waals surface area contributed by atoms with E-state index in [-0.39, 0.29) is 18.3 Å². The molecule has 0 bridgehead atoms. The van der Waals surface area contributed by atoms with Crippen LogP contribution in [-0.4, -0.2) is 43.5 Å². The van der Waals surface area contributed by atoms with E-state index in [1.54, 1.807) is 0 Å². The van der Waals surface area contributed by atoms with Crippen molar-refractivity contribution in [3.8, 4) is 0 Å². The number of likely N-dealkylation sites (N-methyl/N-ethyl adjacent to an activating group) is 1. The van der Waals surface area contributed by atoms with Crippen LogP contribution in [0.5, 0.6) is 0 Å². The van der Waals surface area contributed by atoms with Crippen LogP contribution in [0.1, 0.15) is 18.9 Å². The molecule has 1 aliphatic rings. The van der Waals surface area contributed by atoms with Crippen LogP contribution in [0.25, 0.3) is 0 Å². The molecule has 4 nitrogen and oxygen atoms in total. The molecule has 1 aromatic rings. The third-order valence-corrected chi connectivity index (χ3v) is 3.67. The quantitative estimate of drug-likeness (QED) is 0.872. The summed E-state index contributed by atoms with van der Waals surface area (Å²) in [6.07, 6.45) is 2.10. The largest absolute Gasteiger partial charge is 0.325 e. The van der Waals surface area contributed by atoms with E-state index in [1.165, 1.54) is 5.56 Å². The van der Waals surface area contributed by atoms with Crippen molar-refractivity contribution in [3.05, 3.63) is 29.8 Å². The molecule has 1 amide bonds. The van der Waals surface area contributed by atoms with Gasteiger partial charge in [-0.2, -0.15) is 0 Å². The summed E-state index contributed by atoms with van der Waals surface area (Å²) in [4.78, 5) is 14.1. The molecule has 1 atom stereocenters. The van der Waals surface area contributed by atoms with Crippen LogP contribution in [0.15, 0.2) is 24.3 Å². The molecule has 2 N–H and O–H groups in total. The third kappa shape index (κ3) is 4.78. The minimum atomic E-state index is 0. The van der Waals surface area contributed by atoms with Gasteiger partial charge in [0.05, 0.1) is 6.54 Å². The number of anilines is 1. The molecular weight excluding hydrogens is 274 g/mol. The molecule has 112 valence electrons. The second kappa shape index (κ2) is 8.25. The summed E-state index contributed by atoms with van der Waals surface area (Å²) in [5.41, 5.74) is 2.13. The maximum atomic E-state index is 12.0. The molecule has 0 spiro atoms. The third-order valence-electron chi connectivity index (χ3n) is 3.67. The lowest BCUT2D eigenvalue weighted by Crippen LogP contribution is -2.39. The minimum Gasteiger partial charge on any atom is -0.325 e. The van der Waals surface area contributed by atoms with Crippen molar-refractivity contribution in [2.24, 2.45) is 0 Å². The molecule has 1 saturated heterocycles. The van der Waals surface area contributed by atoms with E-state index >= 15 is 0 Å². The highest BCUT2D eigenvalue weighted by Gasteiger charge is 2.20. The average Bonchev–Trinajstić information content (AvgIpc) is 2.92. The Bertz CT molecular complexity index is 433. The Kier molecular flexibility index (Phi) is 6.99. The number of rotatable bonds is 5. The van der Waals surface area contributed by atoms with Gasteiger partial charge in [0.1, 0.15) is 0 Å². The van der Waals surface area contributed by atoms with Crippen LogP contribution in [0.2, 0.25) is 0 Å². The van der Waals surface area contributed by atoms with E-state index < -0.39 is 0 Å². The van der Waals surface area contributed by atoms with E-state index in [1.807, 2.05) is 25.2 Å². The van der Waals surface area contributed by atoms with E-state index in [0.717, 1.165) is 31.6 Å². The zero-order valence-electron chi connectivity index (χ0n) is 12.2. The lowest BCUT2D eigenvalue weighted by Gasteiger charge is -2.22. The van der Waals surface area contributed by atoms with Crippen LogP contribution in [0.3, 0.4) is 0 Å². The standard InChI is InChI=1S/C15H23N3O.ClH/c1-3-12-5-4-6-13(9-12)17-15(19)11-18(2)14-7-8-16-10-14;/h4-6,9,14,16H,3,7-8,10-11H2,1-2H3,(H,17,19);1H. The normalized spacial score (nSPS) is 17.9.